The third-order valence-corrected chi connectivity index (χ3v) is 2.75. The molecule has 0 aromatic carbocycles. The van der Waals surface area contributed by atoms with Crippen molar-refractivity contribution in [3.8, 4) is 0 Å². The zero-order chi connectivity index (χ0) is 8.43. The fraction of sp³-hybridized carbons (Fsp3) is 0.600. The average Bonchev–Trinajstić information content (AvgIpc) is 2.32. The number of thiophene rings is 1. The minimum atomic E-state index is 0. The molecule has 1 heterocycles. The van der Waals surface area contributed by atoms with E-state index in [9.17, 15) is 0 Å². The molecule has 70 valence electrons. The molecule has 1 aromatic rings. The van der Waals surface area contributed by atoms with E-state index in [2.05, 4.69) is 38.5 Å². The van der Waals surface area contributed by atoms with Crippen LogP contribution in [-0.4, -0.2) is 0 Å². The van der Waals surface area contributed by atoms with Crippen LogP contribution in [0, 0.1) is 37.7 Å². The summed E-state index contributed by atoms with van der Waals surface area (Å²) in [5.74, 6) is 1.36. The minimum Gasteiger partial charge on any atom is -0.152 e. The standard InChI is InChI=1S/C10H16S.Ar/c1-7(2)9-5-11-6-10(9)8(3)4;/h5-8H,1-4H3;. The molecule has 12 heavy (non-hydrogen) atoms. The molecule has 0 aliphatic rings. The molecule has 0 bridgehead atoms. The van der Waals surface area contributed by atoms with Crippen molar-refractivity contribution in [2.24, 2.45) is 0 Å². The molecule has 2 heteroatoms. The molecule has 0 nitrogen and oxygen atoms in total. The normalized spacial score (nSPS) is 10.5. The van der Waals surface area contributed by atoms with Gasteiger partial charge < -0.3 is 0 Å². The van der Waals surface area contributed by atoms with Gasteiger partial charge in [0, 0.05) is 37.7 Å². The quantitative estimate of drug-likeness (QED) is 0.689. The molecule has 1 aromatic heterocycles. The first kappa shape index (κ1) is 13.0. The summed E-state index contributed by atoms with van der Waals surface area (Å²) in [4.78, 5) is 0. The first-order chi connectivity index (χ1) is 5.13. The van der Waals surface area contributed by atoms with Crippen molar-refractivity contribution in [2.75, 3.05) is 0 Å². The molecule has 1 rings (SSSR count). The van der Waals surface area contributed by atoms with Gasteiger partial charge in [0.25, 0.3) is 0 Å². The van der Waals surface area contributed by atoms with Crippen LogP contribution in [0.15, 0.2) is 10.8 Å². The van der Waals surface area contributed by atoms with Crippen LogP contribution >= 0.6 is 11.3 Å². The summed E-state index contributed by atoms with van der Waals surface area (Å²) < 4.78 is 0. The van der Waals surface area contributed by atoms with Gasteiger partial charge in [-0.25, -0.2) is 0 Å². The smallest absolute Gasteiger partial charge is 0 e. The maximum atomic E-state index is 2.28. The Morgan fingerprint density at radius 2 is 1.25 bits per heavy atom. The predicted octanol–water partition coefficient (Wildman–Crippen LogP) is 3.99. The maximum Gasteiger partial charge on any atom is 0 e. The molecule has 0 spiro atoms. The van der Waals surface area contributed by atoms with Gasteiger partial charge in [-0.3, -0.25) is 0 Å². The number of hydrogen-bond donors (Lipinski definition) is 0. The topological polar surface area (TPSA) is 0 Å². The van der Waals surface area contributed by atoms with Crippen molar-refractivity contribution in [2.45, 2.75) is 39.5 Å². The fourth-order valence-corrected chi connectivity index (χ4v) is 2.43. The van der Waals surface area contributed by atoms with E-state index < -0.39 is 0 Å². The van der Waals surface area contributed by atoms with E-state index in [1.807, 2.05) is 11.3 Å². The Morgan fingerprint density at radius 3 is 1.50 bits per heavy atom. The summed E-state index contributed by atoms with van der Waals surface area (Å²) in [6, 6.07) is 0. The van der Waals surface area contributed by atoms with Crippen molar-refractivity contribution in [3.05, 3.63) is 21.9 Å². The summed E-state index contributed by atoms with van der Waals surface area (Å²) in [7, 11) is 0. The molecule has 0 amide bonds. The Kier molecular flexibility index (Phi) is 6.09. The average molecular weight is 208 g/mol. The molecule has 0 aliphatic heterocycles. The van der Waals surface area contributed by atoms with E-state index in [1.54, 1.807) is 0 Å². The van der Waals surface area contributed by atoms with Gasteiger partial charge in [0.1, 0.15) is 0 Å². The van der Waals surface area contributed by atoms with Gasteiger partial charge in [0.15, 0.2) is 0 Å². The van der Waals surface area contributed by atoms with Gasteiger partial charge >= 0.3 is 0 Å². The Bertz CT molecular complexity index is 203. The first-order valence-corrected chi connectivity index (χ1v) is 5.13. The summed E-state index contributed by atoms with van der Waals surface area (Å²) in [5, 5.41) is 4.56. The minimum absolute atomic E-state index is 0. The van der Waals surface area contributed by atoms with E-state index in [1.165, 1.54) is 11.1 Å². The molecule has 0 fully saturated rings. The van der Waals surface area contributed by atoms with Crippen LogP contribution in [0.4, 0.5) is 0 Å². The van der Waals surface area contributed by atoms with E-state index in [-0.39, 0.29) is 37.7 Å². The predicted molar refractivity (Wildman–Crippen MR) is 52.5 cm³/mol. The fourth-order valence-electron chi connectivity index (χ4n) is 1.26. The van der Waals surface area contributed by atoms with Crippen LogP contribution < -0.4 is 0 Å². The molecule has 0 unspecified atom stereocenters. The summed E-state index contributed by atoms with van der Waals surface area (Å²) in [5.41, 5.74) is 3.06. The van der Waals surface area contributed by atoms with Crippen LogP contribution in [0.5, 0.6) is 0 Å². The van der Waals surface area contributed by atoms with Crippen LogP contribution in [-0.2, 0) is 0 Å². The molecule has 0 saturated heterocycles. The van der Waals surface area contributed by atoms with Crippen LogP contribution in [0.1, 0.15) is 50.7 Å². The molecule has 0 atom stereocenters. The monoisotopic (exact) mass is 208 g/mol. The second kappa shape index (κ2) is 5.64. The van der Waals surface area contributed by atoms with Gasteiger partial charge in [0.2, 0.25) is 0 Å². The van der Waals surface area contributed by atoms with Gasteiger partial charge in [-0.05, 0) is 33.7 Å². The van der Waals surface area contributed by atoms with Crippen LogP contribution in [0.3, 0.4) is 0 Å². The van der Waals surface area contributed by atoms with Gasteiger partial charge in [-0.2, -0.15) is 11.3 Å². The third kappa shape index (κ3) is 3.02. The van der Waals surface area contributed by atoms with Crippen molar-refractivity contribution < 1.29 is 37.7 Å². The molecule has 0 saturated carbocycles. The number of hydrogen-bond acceptors (Lipinski definition) is 1. The Hall–Kier alpha value is 0.960. The Balaban J connectivity index is 0.00000121. The second-order valence-corrected chi connectivity index (χ2v) is 4.34. The van der Waals surface area contributed by atoms with Crippen molar-refractivity contribution in [1.82, 2.24) is 0 Å². The molecular formula is C10H16ArS. The first-order valence-electron chi connectivity index (χ1n) is 4.19. The largest absolute Gasteiger partial charge is 0.152 e. The molecule has 0 aliphatic carbocycles. The second-order valence-electron chi connectivity index (χ2n) is 3.59. The van der Waals surface area contributed by atoms with Crippen molar-refractivity contribution in [1.29, 1.82) is 0 Å². The molecular weight excluding hydrogens is 192 g/mol. The molecule has 0 radical (unpaired) electrons. The van der Waals surface area contributed by atoms with Gasteiger partial charge in [-0.15, -0.1) is 0 Å². The number of rotatable bonds is 2. The van der Waals surface area contributed by atoms with Crippen LogP contribution in [0.25, 0.3) is 0 Å². The van der Waals surface area contributed by atoms with E-state index >= 15 is 0 Å². The third-order valence-electron chi connectivity index (χ3n) is 1.97. The molecule has 0 N–H and O–H groups in total. The van der Waals surface area contributed by atoms with Crippen molar-refractivity contribution in [3.63, 3.8) is 0 Å². The van der Waals surface area contributed by atoms with E-state index in [4.69, 9.17) is 0 Å². The maximum absolute atomic E-state index is 2.28. The zero-order valence-corrected chi connectivity index (χ0v) is 9.59. The van der Waals surface area contributed by atoms with Gasteiger partial charge in [-0.1, -0.05) is 27.7 Å². The summed E-state index contributed by atoms with van der Waals surface area (Å²) in [6.07, 6.45) is 0. The zero-order valence-electron chi connectivity index (χ0n) is 8.07. The summed E-state index contributed by atoms with van der Waals surface area (Å²) in [6.45, 7) is 9.03. The Labute approximate surface area is 109 Å². The van der Waals surface area contributed by atoms with E-state index in [0.717, 1.165) is 0 Å². The van der Waals surface area contributed by atoms with Crippen molar-refractivity contribution >= 4 is 11.3 Å². The Morgan fingerprint density at radius 1 is 0.917 bits per heavy atom. The van der Waals surface area contributed by atoms with Crippen LogP contribution in [0.2, 0.25) is 0 Å². The van der Waals surface area contributed by atoms with E-state index in [0.29, 0.717) is 11.8 Å². The van der Waals surface area contributed by atoms with Gasteiger partial charge in [0.05, 0.1) is 0 Å². The SMILES string of the molecule is CC(C)c1cscc1C(C)C.[Ar]. The summed E-state index contributed by atoms with van der Waals surface area (Å²) >= 11 is 1.82.